The van der Waals surface area contributed by atoms with Crippen molar-refractivity contribution in [3.63, 3.8) is 0 Å². The zero-order valence-electron chi connectivity index (χ0n) is 9.58. The van der Waals surface area contributed by atoms with Gasteiger partial charge in [-0.15, -0.1) is 0 Å². The third-order valence-corrected chi connectivity index (χ3v) is 5.07. The fraction of sp³-hybridized carbons (Fsp3) is 1.00. The Balaban J connectivity index is 2.39. The van der Waals surface area contributed by atoms with Gasteiger partial charge in [-0.25, -0.2) is 0 Å². The lowest BCUT2D eigenvalue weighted by Gasteiger charge is -2.28. The number of hydrogen-bond donors (Lipinski definition) is 1. The van der Waals surface area contributed by atoms with Crippen LogP contribution in [0.3, 0.4) is 0 Å². The van der Waals surface area contributed by atoms with Gasteiger partial charge in [0.1, 0.15) is 0 Å². The first-order chi connectivity index (χ1) is 6.63. The minimum atomic E-state index is -0.599. The minimum absolute atomic E-state index is 0.448. The lowest BCUT2D eigenvalue weighted by Crippen LogP contribution is -2.36. The molecule has 0 heterocycles. The quantitative estimate of drug-likeness (QED) is 0.779. The van der Waals surface area contributed by atoms with Crippen LogP contribution < -0.4 is 5.32 Å². The standard InChI is InChI=1S/C11H23NOS/c1-9(2)8-14(13)11-6-4-5-10(7-11)12-3/h9-12H,4-8H2,1-3H3. The fourth-order valence-corrected chi connectivity index (χ4v) is 3.92. The van der Waals surface area contributed by atoms with E-state index in [4.69, 9.17) is 0 Å². The molecule has 14 heavy (non-hydrogen) atoms. The van der Waals surface area contributed by atoms with Crippen LogP contribution in [0.2, 0.25) is 0 Å². The molecule has 1 fully saturated rings. The van der Waals surface area contributed by atoms with E-state index >= 15 is 0 Å². The molecule has 2 nitrogen and oxygen atoms in total. The molecule has 0 saturated heterocycles. The van der Waals surface area contributed by atoms with Crippen LogP contribution in [0.15, 0.2) is 0 Å². The first-order valence-electron chi connectivity index (χ1n) is 5.68. The minimum Gasteiger partial charge on any atom is -0.317 e. The maximum Gasteiger partial charge on any atom is 0.0362 e. The third-order valence-electron chi connectivity index (χ3n) is 2.90. The van der Waals surface area contributed by atoms with E-state index in [1.807, 2.05) is 7.05 Å². The summed E-state index contributed by atoms with van der Waals surface area (Å²) >= 11 is 0. The van der Waals surface area contributed by atoms with Crippen molar-refractivity contribution in [2.75, 3.05) is 12.8 Å². The molecule has 0 radical (unpaired) electrons. The molecule has 0 bridgehead atoms. The number of nitrogens with one attached hydrogen (secondary N) is 1. The van der Waals surface area contributed by atoms with Crippen LogP contribution >= 0.6 is 0 Å². The molecule has 1 N–H and O–H groups in total. The monoisotopic (exact) mass is 217 g/mol. The maximum atomic E-state index is 12.0. The van der Waals surface area contributed by atoms with Crippen molar-refractivity contribution < 1.29 is 4.21 Å². The van der Waals surface area contributed by atoms with E-state index in [0.717, 1.165) is 18.6 Å². The van der Waals surface area contributed by atoms with E-state index in [1.165, 1.54) is 12.8 Å². The fourth-order valence-electron chi connectivity index (χ4n) is 2.11. The predicted molar refractivity (Wildman–Crippen MR) is 63.0 cm³/mol. The third kappa shape index (κ3) is 3.70. The number of rotatable bonds is 4. The average molecular weight is 217 g/mol. The highest BCUT2D eigenvalue weighted by Gasteiger charge is 2.25. The van der Waals surface area contributed by atoms with Gasteiger partial charge in [0.05, 0.1) is 0 Å². The average Bonchev–Trinajstić information content (AvgIpc) is 2.17. The summed E-state index contributed by atoms with van der Waals surface area (Å²) < 4.78 is 12.0. The molecule has 3 heteroatoms. The molecule has 84 valence electrons. The van der Waals surface area contributed by atoms with Gasteiger partial charge in [-0.1, -0.05) is 20.3 Å². The predicted octanol–water partition coefficient (Wildman–Crippen LogP) is 1.92. The molecular formula is C11H23NOS. The zero-order chi connectivity index (χ0) is 10.6. The zero-order valence-corrected chi connectivity index (χ0v) is 10.4. The molecule has 1 aliphatic rings. The lowest BCUT2D eigenvalue weighted by molar-refractivity contribution is 0.397. The second-order valence-electron chi connectivity index (χ2n) is 4.72. The van der Waals surface area contributed by atoms with Crippen molar-refractivity contribution >= 4 is 10.8 Å². The smallest absolute Gasteiger partial charge is 0.0362 e. The van der Waals surface area contributed by atoms with Crippen LogP contribution in [0, 0.1) is 5.92 Å². The topological polar surface area (TPSA) is 29.1 Å². The molecule has 1 aliphatic carbocycles. The Morgan fingerprint density at radius 2 is 2.14 bits per heavy atom. The van der Waals surface area contributed by atoms with Crippen molar-refractivity contribution in [3.8, 4) is 0 Å². The lowest BCUT2D eigenvalue weighted by atomic mass is 9.95. The molecule has 1 saturated carbocycles. The van der Waals surface area contributed by atoms with Gasteiger partial charge in [-0.3, -0.25) is 4.21 Å². The van der Waals surface area contributed by atoms with Gasteiger partial charge >= 0.3 is 0 Å². The summed E-state index contributed by atoms with van der Waals surface area (Å²) in [4.78, 5) is 0. The molecule has 0 aromatic heterocycles. The summed E-state index contributed by atoms with van der Waals surface area (Å²) in [7, 11) is 1.41. The van der Waals surface area contributed by atoms with Crippen LogP contribution in [0.4, 0.5) is 0 Å². The summed E-state index contributed by atoms with van der Waals surface area (Å²) in [5, 5.41) is 3.76. The number of hydrogen-bond acceptors (Lipinski definition) is 2. The van der Waals surface area contributed by atoms with Crippen molar-refractivity contribution in [1.82, 2.24) is 5.32 Å². The van der Waals surface area contributed by atoms with E-state index in [-0.39, 0.29) is 0 Å². The summed E-state index contributed by atoms with van der Waals surface area (Å²) in [5.74, 6) is 1.44. The van der Waals surface area contributed by atoms with Crippen LogP contribution in [0.25, 0.3) is 0 Å². The molecule has 0 spiro atoms. The summed E-state index contributed by atoms with van der Waals surface area (Å²) in [6.45, 7) is 4.30. The van der Waals surface area contributed by atoms with E-state index in [0.29, 0.717) is 17.2 Å². The van der Waals surface area contributed by atoms with Crippen molar-refractivity contribution in [2.45, 2.75) is 50.8 Å². The van der Waals surface area contributed by atoms with E-state index in [2.05, 4.69) is 19.2 Å². The largest absolute Gasteiger partial charge is 0.317 e. The van der Waals surface area contributed by atoms with Gasteiger partial charge in [0, 0.05) is 27.8 Å². The first kappa shape index (κ1) is 12.2. The Hall–Kier alpha value is 0.110. The van der Waals surface area contributed by atoms with Gasteiger partial charge in [-0.05, 0) is 32.2 Å². The summed E-state index contributed by atoms with van der Waals surface area (Å²) in [5.41, 5.74) is 0. The first-order valence-corrected chi connectivity index (χ1v) is 7.06. The van der Waals surface area contributed by atoms with Crippen molar-refractivity contribution in [1.29, 1.82) is 0 Å². The second kappa shape index (κ2) is 5.86. The molecule has 0 aromatic rings. The Kier molecular flexibility index (Phi) is 5.10. The Labute approximate surface area is 90.3 Å². The van der Waals surface area contributed by atoms with Crippen molar-refractivity contribution in [2.24, 2.45) is 5.92 Å². The summed E-state index contributed by atoms with van der Waals surface area (Å²) in [6, 6.07) is 0.602. The van der Waals surface area contributed by atoms with Gasteiger partial charge < -0.3 is 5.32 Å². The van der Waals surface area contributed by atoms with E-state index < -0.39 is 10.8 Å². The SMILES string of the molecule is CNC1CCCC(S(=O)CC(C)C)C1. The van der Waals surface area contributed by atoms with Crippen LogP contribution in [0.5, 0.6) is 0 Å². The second-order valence-corrected chi connectivity index (χ2v) is 6.48. The van der Waals surface area contributed by atoms with Gasteiger partial charge in [0.15, 0.2) is 0 Å². The highest BCUT2D eigenvalue weighted by molar-refractivity contribution is 7.85. The van der Waals surface area contributed by atoms with E-state index in [9.17, 15) is 4.21 Å². The van der Waals surface area contributed by atoms with Crippen LogP contribution in [-0.2, 0) is 10.8 Å². The molecule has 3 atom stereocenters. The molecule has 3 unspecified atom stereocenters. The van der Waals surface area contributed by atoms with Crippen LogP contribution in [-0.4, -0.2) is 28.3 Å². The van der Waals surface area contributed by atoms with Gasteiger partial charge in [0.2, 0.25) is 0 Å². The van der Waals surface area contributed by atoms with E-state index in [1.54, 1.807) is 0 Å². The highest BCUT2D eigenvalue weighted by atomic mass is 32.2. The Morgan fingerprint density at radius 1 is 1.43 bits per heavy atom. The molecule has 0 aromatic carbocycles. The Morgan fingerprint density at radius 3 is 2.71 bits per heavy atom. The van der Waals surface area contributed by atoms with Gasteiger partial charge in [0.25, 0.3) is 0 Å². The molecule has 0 aliphatic heterocycles. The maximum absolute atomic E-state index is 12.0. The van der Waals surface area contributed by atoms with Gasteiger partial charge in [-0.2, -0.15) is 0 Å². The molecule has 0 amide bonds. The molecule has 1 rings (SSSR count). The normalized spacial score (nSPS) is 30.6. The van der Waals surface area contributed by atoms with Crippen molar-refractivity contribution in [3.05, 3.63) is 0 Å². The van der Waals surface area contributed by atoms with Crippen LogP contribution in [0.1, 0.15) is 39.5 Å². The highest BCUT2D eigenvalue weighted by Crippen LogP contribution is 2.23. The summed E-state index contributed by atoms with van der Waals surface area (Å²) in [6.07, 6.45) is 4.76. The Bertz CT molecular complexity index is 194. The molecular weight excluding hydrogens is 194 g/mol.